The van der Waals surface area contributed by atoms with Gasteiger partial charge >= 0.3 is 0 Å². The summed E-state index contributed by atoms with van der Waals surface area (Å²) < 4.78 is 29.4. The van der Waals surface area contributed by atoms with Gasteiger partial charge in [0, 0.05) is 4.88 Å². The van der Waals surface area contributed by atoms with Gasteiger partial charge in [-0.3, -0.25) is 14.2 Å². The third-order valence-electron chi connectivity index (χ3n) is 5.81. The molecule has 5 rings (SSSR count). The number of rotatable bonds is 5. The summed E-state index contributed by atoms with van der Waals surface area (Å²) in [5, 5.41) is 3.30. The van der Waals surface area contributed by atoms with Crippen molar-refractivity contribution >= 4 is 44.9 Å². The summed E-state index contributed by atoms with van der Waals surface area (Å²) in [5.41, 5.74) is 2.16. The van der Waals surface area contributed by atoms with Crippen LogP contribution >= 0.6 is 23.1 Å². The van der Waals surface area contributed by atoms with Crippen LogP contribution in [0, 0.1) is 18.6 Å². The Kier molecular flexibility index (Phi) is 6.22. The number of hydrogen-bond acceptors (Lipinski definition) is 5. The van der Waals surface area contributed by atoms with Crippen LogP contribution in [0.1, 0.15) is 28.8 Å². The van der Waals surface area contributed by atoms with Crippen LogP contribution in [0.4, 0.5) is 14.5 Å². The number of anilines is 1. The highest BCUT2D eigenvalue weighted by molar-refractivity contribution is 7.99. The first-order valence-corrected chi connectivity index (χ1v) is 12.7. The van der Waals surface area contributed by atoms with Gasteiger partial charge in [-0.2, -0.15) is 0 Å². The number of hydrogen-bond donors (Lipinski definition) is 1. The van der Waals surface area contributed by atoms with E-state index < -0.39 is 23.2 Å². The van der Waals surface area contributed by atoms with Crippen molar-refractivity contribution in [3.05, 3.63) is 80.5 Å². The van der Waals surface area contributed by atoms with Crippen LogP contribution < -0.4 is 10.9 Å². The molecule has 174 valence electrons. The number of nitrogens with one attached hydrogen (secondary N) is 1. The number of aryl methyl sites for hydroxylation is 3. The number of aromatic nitrogens is 2. The van der Waals surface area contributed by atoms with E-state index in [2.05, 4.69) is 5.32 Å². The lowest BCUT2D eigenvalue weighted by Gasteiger charge is -2.14. The standard InChI is InChI=1S/C25H21F2N3O2S2/c1-14-9-11-15(12-10-14)30-24(32)21-16-5-2-3-8-19(16)34-23(21)29-25(30)33-13-20(31)28-22-17(26)6-4-7-18(22)27/h4,6-7,9-12H,2-3,5,8,13H2,1H3,(H,28,31). The molecule has 5 nitrogen and oxygen atoms in total. The first-order valence-electron chi connectivity index (χ1n) is 10.9. The monoisotopic (exact) mass is 497 g/mol. The molecule has 9 heteroatoms. The summed E-state index contributed by atoms with van der Waals surface area (Å²) in [4.78, 5) is 32.9. The fraction of sp³-hybridized carbons (Fsp3) is 0.240. The normalized spacial score (nSPS) is 13.1. The van der Waals surface area contributed by atoms with Crippen molar-refractivity contribution in [3.63, 3.8) is 0 Å². The van der Waals surface area contributed by atoms with Crippen molar-refractivity contribution in [3.8, 4) is 5.69 Å². The van der Waals surface area contributed by atoms with Crippen LogP contribution in [-0.2, 0) is 17.6 Å². The van der Waals surface area contributed by atoms with E-state index in [1.807, 2.05) is 31.2 Å². The smallest absolute Gasteiger partial charge is 0.267 e. The van der Waals surface area contributed by atoms with Crippen molar-refractivity contribution in [2.75, 3.05) is 11.1 Å². The molecule has 0 aliphatic heterocycles. The van der Waals surface area contributed by atoms with Crippen LogP contribution in [0.2, 0.25) is 0 Å². The number of benzene rings is 2. The van der Waals surface area contributed by atoms with Crippen molar-refractivity contribution in [1.29, 1.82) is 0 Å². The highest BCUT2D eigenvalue weighted by atomic mass is 32.2. The topological polar surface area (TPSA) is 64.0 Å². The van der Waals surface area contributed by atoms with Gasteiger partial charge in [-0.05, 0) is 62.4 Å². The number of para-hydroxylation sites is 1. The lowest BCUT2D eigenvalue weighted by molar-refractivity contribution is -0.113. The van der Waals surface area contributed by atoms with Gasteiger partial charge in [-0.25, -0.2) is 13.8 Å². The molecule has 0 radical (unpaired) electrons. The molecule has 1 aliphatic rings. The SMILES string of the molecule is Cc1ccc(-n2c(SCC(=O)Nc3c(F)cccc3F)nc3sc4c(c3c2=O)CCCC4)cc1. The summed E-state index contributed by atoms with van der Waals surface area (Å²) in [5.74, 6) is -2.45. The molecule has 1 aliphatic carbocycles. The van der Waals surface area contributed by atoms with E-state index in [1.165, 1.54) is 26.8 Å². The number of thioether (sulfide) groups is 1. The highest BCUT2D eigenvalue weighted by Gasteiger charge is 2.23. The largest absolute Gasteiger partial charge is 0.320 e. The Bertz CT molecular complexity index is 1440. The van der Waals surface area contributed by atoms with Crippen molar-refractivity contribution < 1.29 is 13.6 Å². The van der Waals surface area contributed by atoms with Crippen LogP contribution in [-0.4, -0.2) is 21.2 Å². The number of thiophene rings is 1. The molecule has 1 N–H and O–H groups in total. The zero-order chi connectivity index (χ0) is 23.8. The Balaban J connectivity index is 1.53. The molecule has 0 saturated carbocycles. The van der Waals surface area contributed by atoms with Gasteiger partial charge in [-0.15, -0.1) is 11.3 Å². The first-order chi connectivity index (χ1) is 16.4. The molecular weight excluding hydrogens is 476 g/mol. The average Bonchev–Trinajstić information content (AvgIpc) is 3.20. The van der Waals surface area contributed by atoms with Gasteiger partial charge < -0.3 is 5.32 Å². The minimum absolute atomic E-state index is 0.156. The summed E-state index contributed by atoms with van der Waals surface area (Å²) in [6, 6.07) is 10.9. The molecule has 0 atom stereocenters. The molecule has 34 heavy (non-hydrogen) atoms. The Morgan fingerprint density at radius 1 is 1.12 bits per heavy atom. The Morgan fingerprint density at radius 2 is 1.82 bits per heavy atom. The number of halogens is 2. The van der Waals surface area contributed by atoms with E-state index in [0.29, 0.717) is 21.1 Å². The quantitative estimate of drug-likeness (QED) is 0.286. The van der Waals surface area contributed by atoms with E-state index in [9.17, 15) is 18.4 Å². The van der Waals surface area contributed by atoms with Gasteiger partial charge in [-0.1, -0.05) is 35.5 Å². The van der Waals surface area contributed by atoms with Crippen molar-refractivity contribution in [2.45, 2.75) is 37.8 Å². The van der Waals surface area contributed by atoms with E-state index in [0.717, 1.165) is 60.7 Å². The predicted molar refractivity (Wildman–Crippen MR) is 132 cm³/mol. The van der Waals surface area contributed by atoms with Gasteiger partial charge in [0.05, 0.1) is 16.8 Å². The second kappa shape index (κ2) is 9.31. The van der Waals surface area contributed by atoms with Gasteiger partial charge in [0.2, 0.25) is 5.91 Å². The number of carbonyl (C=O) groups is 1. The molecule has 1 amide bonds. The van der Waals surface area contributed by atoms with Crippen LogP contribution in [0.3, 0.4) is 0 Å². The molecule has 2 aromatic heterocycles. The maximum atomic E-state index is 13.9. The highest BCUT2D eigenvalue weighted by Crippen LogP contribution is 2.35. The zero-order valence-electron chi connectivity index (χ0n) is 18.4. The molecular formula is C25H21F2N3O2S2. The lowest BCUT2D eigenvalue weighted by Crippen LogP contribution is -2.23. The molecule has 4 aromatic rings. The molecule has 0 fully saturated rings. The maximum Gasteiger partial charge on any atom is 0.267 e. The summed E-state index contributed by atoms with van der Waals surface area (Å²) in [6.07, 6.45) is 3.95. The van der Waals surface area contributed by atoms with Gasteiger partial charge in [0.25, 0.3) is 5.56 Å². The Labute approximate surface area is 202 Å². The minimum atomic E-state index is -0.848. The fourth-order valence-electron chi connectivity index (χ4n) is 4.13. The van der Waals surface area contributed by atoms with Crippen LogP contribution in [0.15, 0.2) is 52.4 Å². The average molecular weight is 498 g/mol. The van der Waals surface area contributed by atoms with Crippen molar-refractivity contribution in [2.24, 2.45) is 0 Å². The summed E-state index contributed by atoms with van der Waals surface area (Å²) >= 11 is 2.60. The third kappa shape index (κ3) is 4.25. The summed E-state index contributed by atoms with van der Waals surface area (Å²) in [7, 11) is 0. The maximum absolute atomic E-state index is 13.9. The second-order valence-electron chi connectivity index (χ2n) is 8.20. The van der Waals surface area contributed by atoms with Gasteiger partial charge in [0.1, 0.15) is 22.2 Å². The fourth-order valence-corrected chi connectivity index (χ4v) is 6.24. The lowest BCUT2D eigenvalue weighted by atomic mass is 9.97. The van der Waals surface area contributed by atoms with Crippen LogP contribution in [0.5, 0.6) is 0 Å². The molecule has 2 heterocycles. The predicted octanol–water partition coefficient (Wildman–Crippen LogP) is 5.64. The molecule has 0 spiro atoms. The zero-order valence-corrected chi connectivity index (χ0v) is 20.0. The second-order valence-corrected chi connectivity index (χ2v) is 10.2. The molecule has 0 bridgehead atoms. The molecule has 2 aromatic carbocycles. The van der Waals surface area contributed by atoms with Crippen molar-refractivity contribution in [1.82, 2.24) is 9.55 Å². The third-order valence-corrected chi connectivity index (χ3v) is 7.93. The van der Waals surface area contributed by atoms with E-state index in [1.54, 1.807) is 0 Å². The van der Waals surface area contributed by atoms with E-state index >= 15 is 0 Å². The minimum Gasteiger partial charge on any atom is -0.320 e. The molecule has 0 saturated heterocycles. The first kappa shape index (κ1) is 22.7. The number of amides is 1. The number of fused-ring (bicyclic) bond motifs is 3. The summed E-state index contributed by atoms with van der Waals surface area (Å²) in [6.45, 7) is 1.96. The van der Waals surface area contributed by atoms with Gasteiger partial charge in [0.15, 0.2) is 5.16 Å². The number of carbonyl (C=O) groups excluding carboxylic acids is 1. The molecule has 0 unspecified atom stereocenters. The number of nitrogens with zero attached hydrogens (tertiary/aromatic N) is 2. The van der Waals surface area contributed by atoms with Crippen LogP contribution in [0.25, 0.3) is 15.9 Å². The van der Waals surface area contributed by atoms with E-state index in [-0.39, 0.29) is 11.3 Å². The Morgan fingerprint density at radius 3 is 2.56 bits per heavy atom. The van der Waals surface area contributed by atoms with E-state index in [4.69, 9.17) is 4.98 Å². The Hall–Kier alpha value is -3.04.